The van der Waals surface area contributed by atoms with Crippen molar-refractivity contribution in [1.29, 1.82) is 0 Å². The van der Waals surface area contributed by atoms with E-state index in [9.17, 15) is 0 Å². The van der Waals surface area contributed by atoms with Gasteiger partial charge in [0.15, 0.2) is 0 Å². The first-order valence-corrected chi connectivity index (χ1v) is 9.72. The minimum atomic E-state index is -1.83. The molecule has 3 fully saturated rings. The summed E-state index contributed by atoms with van der Waals surface area (Å²) >= 11 is 0. The summed E-state index contributed by atoms with van der Waals surface area (Å²) in [4.78, 5) is 8.56. The molecular weight excluding hydrogens is 292 g/mol. The highest BCUT2D eigenvalue weighted by molar-refractivity contribution is 5.53. The molecule has 0 aliphatic heterocycles. The SMILES string of the molecule is C1CCC(OC2CCC(C3CCCCC3)CC2)CC1.O=C(O)O. The average molecular weight is 326 g/mol. The lowest BCUT2D eigenvalue weighted by atomic mass is 9.73. The molecule has 3 aliphatic carbocycles. The lowest BCUT2D eigenvalue weighted by molar-refractivity contribution is -0.0552. The van der Waals surface area contributed by atoms with Gasteiger partial charge in [0.1, 0.15) is 0 Å². The number of ether oxygens (including phenoxy) is 1. The van der Waals surface area contributed by atoms with Crippen LogP contribution in [0.3, 0.4) is 0 Å². The van der Waals surface area contributed by atoms with Gasteiger partial charge >= 0.3 is 6.16 Å². The number of carboxylic acid groups (broad SMARTS) is 2. The average Bonchev–Trinajstić information content (AvgIpc) is 2.57. The predicted octanol–water partition coefficient (Wildman–Crippen LogP) is 5.70. The molecule has 4 heteroatoms. The fourth-order valence-electron chi connectivity index (χ4n) is 4.78. The van der Waals surface area contributed by atoms with Crippen molar-refractivity contribution >= 4 is 6.16 Å². The summed E-state index contributed by atoms with van der Waals surface area (Å²) in [6, 6.07) is 0. The van der Waals surface area contributed by atoms with Gasteiger partial charge in [0.2, 0.25) is 0 Å². The molecule has 0 radical (unpaired) electrons. The molecule has 0 saturated heterocycles. The third kappa shape index (κ3) is 7.11. The molecule has 0 heterocycles. The van der Waals surface area contributed by atoms with Gasteiger partial charge in [0.05, 0.1) is 12.2 Å². The molecule has 0 aromatic rings. The van der Waals surface area contributed by atoms with E-state index in [1.807, 2.05) is 0 Å². The molecule has 23 heavy (non-hydrogen) atoms. The Balaban J connectivity index is 0.000000433. The van der Waals surface area contributed by atoms with E-state index < -0.39 is 6.16 Å². The van der Waals surface area contributed by atoms with E-state index in [1.54, 1.807) is 0 Å². The summed E-state index contributed by atoms with van der Waals surface area (Å²) in [6.07, 6.45) is 19.5. The maximum absolute atomic E-state index is 8.56. The van der Waals surface area contributed by atoms with Crippen LogP contribution >= 0.6 is 0 Å². The Bertz CT molecular complexity index is 320. The number of carbonyl (C=O) groups is 1. The molecule has 0 bridgehead atoms. The van der Waals surface area contributed by atoms with Gasteiger partial charge in [0, 0.05) is 0 Å². The van der Waals surface area contributed by atoms with Crippen LogP contribution in [0.15, 0.2) is 0 Å². The third-order valence-electron chi connectivity index (χ3n) is 5.97. The molecule has 3 aliphatic rings. The van der Waals surface area contributed by atoms with Gasteiger partial charge in [-0.3, -0.25) is 0 Å². The maximum Gasteiger partial charge on any atom is 0.503 e. The quantitative estimate of drug-likeness (QED) is 0.698. The largest absolute Gasteiger partial charge is 0.503 e. The molecule has 134 valence electrons. The second kappa shape index (κ2) is 10.2. The van der Waals surface area contributed by atoms with E-state index in [2.05, 4.69) is 0 Å². The van der Waals surface area contributed by atoms with Gasteiger partial charge in [-0.15, -0.1) is 0 Å². The van der Waals surface area contributed by atoms with Crippen molar-refractivity contribution in [1.82, 2.24) is 0 Å². The Morgan fingerprint density at radius 3 is 1.52 bits per heavy atom. The Hall–Kier alpha value is -0.770. The zero-order valence-electron chi connectivity index (χ0n) is 14.4. The van der Waals surface area contributed by atoms with Crippen LogP contribution < -0.4 is 0 Å². The number of hydrogen-bond donors (Lipinski definition) is 2. The smallest absolute Gasteiger partial charge is 0.450 e. The van der Waals surface area contributed by atoms with Crippen molar-refractivity contribution in [3.8, 4) is 0 Å². The van der Waals surface area contributed by atoms with Crippen LogP contribution in [0.1, 0.15) is 89.9 Å². The normalized spacial score (nSPS) is 30.3. The highest BCUT2D eigenvalue weighted by Crippen LogP contribution is 2.39. The van der Waals surface area contributed by atoms with Crippen LogP contribution in [0.25, 0.3) is 0 Å². The predicted molar refractivity (Wildman–Crippen MR) is 90.9 cm³/mol. The molecule has 0 spiro atoms. The van der Waals surface area contributed by atoms with Crippen LogP contribution in [-0.4, -0.2) is 28.6 Å². The number of hydrogen-bond acceptors (Lipinski definition) is 2. The maximum atomic E-state index is 8.56. The first-order chi connectivity index (χ1) is 11.1. The Morgan fingerprint density at radius 2 is 1.00 bits per heavy atom. The molecule has 2 N–H and O–H groups in total. The second-order valence-corrected chi connectivity index (χ2v) is 7.61. The van der Waals surface area contributed by atoms with Crippen molar-refractivity contribution in [2.24, 2.45) is 11.8 Å². The topological polar surface area (TPSA) is 66.8 Å². The van der Waals surface area contributed by atoms with Crippen molar-refractivity contribution in [3.05, 3.63) is 0 Å². The van der Waals surface area contributed by atoms with E-state index in [-0.39, 0.29) is 0 Å². The lowest BCUT2D eigenvalue weighted by Gasteiger charge is -2.37. The second-order valence-electron chi connectivity index (χ2n) is 7.61. The minimum Gasteiger partial charge on any atom is -0.450 e. The molecule has 0 amide bonds. The van der Waals surface area contributed by atoms with Crippen LogP contribution in [0.2, 0.25) is 0 Å². The molecule has 0 atom stereocenters. The van der Waals surface area contributed by atoms with Crippen molar-refractivity contribution < 1.29 is 19.7 Å². The van der Waals surface area contributed by atoms with Gasteiger partial charge in [-0.1, -0.05) is 51.4 Å². The lowest BCUT2D eigenvalue weighted by Crippen LogP contribution is -2.30. The summed E-state index contributed by atoms with van der Waals surface area (Å²) in [7, 11) is 0. The van der Waals surface area contributed by atoms with Gasteiger partial charge in [-0.25, -0.2) is 4.79 Å². The Morgan fingerprint density at radius 1 is 0.609 bits per heavy atom. The van der Waals surface area contributed by atoms with Crippen molar-refractivity contribution in [2.45, 2.75) is 102 Å². The van der Waals surface area contributed by atoms with Gasteiger partial charge in [-0.2, -0.15) is 0 Å². The first kappa shape index (κ1) is 18.6. The molecule has 4 nitrogen and oxygen atoms in total. The Labute approximate surface area is 140 Å². The molecule has 3 rings (SSSR count). The van der Waals surface area contributed by atoms with E-state index >= 15 is 0 Å². The summed E-state index contributed by atoms with van der Waals surface area (Å²) in [5.41, 5.74) is 0. The summed E-state index contributed by atoms with van der Waals surface area (Å²) in [6.45, 7) is 0. The van der Waals surface area contributed by atoms with E-state index in [1.165, 1.54) is 89.9 Å². The van der Waals surface area contributed by atoms with E-state index in [0.717, 1.165) is 11.8 Å². The van der Waals surface area contributed by atoms with E-state index in [4.69, 9.17) is 19.7 Å². The monoisotopic (exact) mass is 326 g/mol. The van der Waals surface area contributed by atoms with Crippen LogP contribution in [0.4, 0.5) is 4.79 Å². The molecule has 0 aromatic carbocycles. The van der Waals surface area contributed by atoms with Gasteiger partial charge in [-0.05, 0) is 50.4 Å². The third-order valence-corrected chi connectivity index (χ3v) is 5.97. The summed E-state index contributed by atoms with van der Waals surface area (Å²) in [5, 5.41) is 13.9. The van der Waals surface area contributed by atoms with Crippen LogP contribution in [-0.2, 0) is 4.74 Å². The summed E-state index contributed by atoms with van der Waals surface area (Å²) < 4.78 is 6.37. The molecule has 0 aromatic heterocycles. The van der Waals surface area contributed by atoms with Gasteiger partial charge in [0.25, 0.3) is 0 Å². The van der Waals surface area contributed by atoms with Crippen LogP contribution in [0.5, 0.6) is 0 Å². The standard InChI is InChI=1S/C18H32O.CH2O3/c1-3-7-15(8-4-1)16-11-13-18(14-12-16)19-17-9-5-2-6-10-17;2-1(3)4/h15-18H,1-14H2;(H2,2,3,4). The summed E-state index contributed by atoms with van der Waals surface area (Å²) in [5.74, 6) is 2.12. The van der Waals surface area contributed by atoms with Crippen molar-refractivity contribution in [2.75, 3.05) is 0 Å². The van der Waals surface area contributed by atoms with E-state index in [0.29, 0.717) is 12.2 Å². The highest BCUT2D eigenvalue weighted by atomic mass is 16.6. The van der Waals surface area contributed by atoms with Crippen molar-refractivity contribution in [3.63, 3.8) is 0 Å². The molecule has 0 unspecified atom stereocenters. The molecular formula is C19H34O4. The van der Waals surface area contributed by atoms with Crippen LogP contribution in [0, 0.1) is 11.8 Å². The fourth-order valence-corrected chi connectivity index (χ4v) is 4.78. The first-order valence-electron chi connectivity index (χ1n) is 9.72. The minimum absolute atomic E-state index is 0.614. The highest BCUT2D eigenvalue weighted by Gasteiger charge is 2.30. The number of rotatable bonds is 3. The van der Waals surface area contributed by atoms with Gasteiger partial charge < -0.3 is 14.9 Å². The Kier molecular flexibility index (Phi) is 8.21. The zero-order chi connectivity index (χ0) is 16.5. The molecule has 3 saturated carbocycles. The zero-order valence-corrected chi connectivity index (χ0v) is 14.4. The fraction of sp³-hybridized carbons (Fsp3) is 0.947.